The lowest BCUT2D eigenvalue weighted by molar-refractivity contribution is 0.249. The molecule has 1 aliphatic rings. The van der Waals surface area contributed by atoms with Gasteiger partial charge in [0.1, 0.15) is 5.82 Å². The second kappa shape index (κ2) is 9.21. The van der Waals surface area contributed by atoms with Crippen molar-refractivity contribution >= 4 is 23.2 Å². The number of nitrogens with zero attached hydrogens (tertiary/aromatic N) is 3. The van der Waals surface area contributed by atoms with Gasteiger partial charge in [-0.1, -0.05) is 36.4 Å². The number of piperazine rings is 1. The summed E-state index contributed by atoms with van der Waals surface area (Å²) in [6.45, 7) is 4.89. The Kier molecular flexibility index (Phi) is 6.02. The first-order valence-corrected chi connectivity index (χ1v) is 9.86. The molecule has 1 aliphatic heterocycles. The maximum atomic E-state index is 12.1. The largest absolute Gasteiger partial charge is 0.354 e. The maximum absolute atomic E-state index is 12.1. The average Bonchev–Trinajstić information content (AvgIpc) is 2.77. The highest BCUT2D eigenvalue weighted by Crippen LogP contribution is 2.16. The van der Waals surface area contributed by atoms with E-state index in [1.165, 1.54) is 5.56 Å². The number of carbonyl (C=O) groups is 1. The van der Waals surface area contributed by atoms with E-state index in [-0.39, 0.29) is 6.03 Å². The number of anilines is 3. The molecule has 0 atom stereocenters. The third-order valence-electron chi connectivity index (χ3n) is 5.00. The molecule has 0 radical (unpaired) electrons. The molecule has 6 nitrogen and oxygen atoms in total. The summed E-state index contributed by atoms with van der Waals surface area (Å²) in [6, 6.07) is 23.3. The van der Waals surface area contributed by atoms with E-state index < -0.39 is 0 Å². The number of aromatic nitrogens is 1. The van der Waals surface area contributed by atoms with Crippen molar-refractivity contribution in [2.45, 2.75) is 6.54 Å². The van der Waals surface area contributed by atoms with Gasteiger partial charge in [-0.25, -0.2) is 9.78 Å². The van der Waals surface area contributed by atoms with Crippen molar-refractivity contribution in [2.75, 3.05) is 41.7 Å². The molecule has 3 aromatic rings. The normalized spacial score (nSPS) is 14.4. The number of hydrogen-bond acceptors (Lipinski definition) is 4. The van der Waals surface area contributed by atoms with E-state index in [0.717, 1.165) is 49.9 Å². The zero-order chi connectivity index (χ0) is 19.9. The second-order valence-electron chi connectivity index (χ2n) is 7.09. The minimum atomic E-state index is -0.241. The highest BCUT2D eigenvalue weighted by Gasteiger charge is 2.17. The molecule has 2 amide bonds. The maximum Gasteiger partial charge on any atom is 0.323 e. The summed E-state index contributed by atoms with van der Waals surface area (Å²) >= 11 is 0. The van der Waals surface area contributed by atoms with Crippen LogP contribution in [-0.4, -0.2) is 42.1 Å². The van der Waals surface area contributed by atoms with E-state index in [1.54, 1.807) is 0 Å². The van der Waals surface area contributed by atoms with Crippen molar-refractivity contribution < 1.29 is 4.79 Å². The van der Waals surface area contributed by atoms with Crippen molar-refractivity contribution in [3.8, 4) is 0 Å². The number of pyridine rings is 1. The van der Waals surface area contributed by atoms with Gasteiger partial charge in [0.25, 0.3) is 0 Å². The summed E-state index contributed by atoms with van der Waals surface area (Å²) in [5.41, 5.74) is 2.79. The third kappa shape index (κ3) is 5.33. The van der Waals surface area contributed by atoms with Gasteiger partial charge in [-0.2, -0.15) is 0 Å². The molecule has 4 rings (SSSR count). The SMILES string of the molecule is O=C(Nc1ccccc1)Nc1ccc(CN2CCN(c3ccccn3)CC2)cc1. The Morgan fingerprint density at radius 3 is 2.10 bits per heavy atom. The lowest BCUT2D eigenvalue weighted by Gasteiger charge is -2.35. The summed E-state index contributed by atoms with van der Waals surface area (Å²) in [5, 5.41) is 5.69. The zero-order valence-corrected chi connectivity index (χ0v) is 16.3. The Morgan fingerprint density at radius 2 is 1.45 bits per heavy atom. The van der Waals surface area contributed by atoms with Crippen LogP contribution in [0.15, 0.2) is 79.0 Å². The van der Waals surface area contributed by atoms with Crippen LogP contribution in [0.1, 0.15) is 5.56 Å². The van der Waals surface area contributed by atoms with Gasteiger partial charge in [0, 0.05) is 50.3 Å². The Hall–Kier alpha value is -3.38. The standard InChI is InChI=1S/C23H25N5O/c29-23(25-20-6-2-1-3-7-20)26-21-11-9-19(10-12-21)18-27-14-16-28(17-15-27)22-8-4-5-13-24-22/h1-13H,14-18H2,(H2,25,26,29). The number of hydrogen-bond donors (Lipinski definition) is 2. The molecule has 0 saturated carbocycles. The first-order chi connectivity index (χ1) is 14.3. The molecule has 29 heavy (non-hydrogen) atoms. The molecule has 6 heteroatoms. The predicted octanol–water partition coefficient (Wildman–Crippen LogP) is 4.05. The van der Waals surface area contributed by atoms with Gasteiger partial charge in [0.05, 0.1) is 0 Å². The van der Waals surface area contributed by atoms with Gasteiger partial charge in [-0.05, 0) is 42.0 Å². The highest BCUT2D eigenvalue weighted by atomic mass is 16.2. The summed E-state index contributed by atoms with van der Waals surface area (Å²) in [5.74, 6) is 1.05. The van der Waals surface area contributed by atoms with E-state index in [0.29, 0.717) is 0 Å². The summed E-state index contributed by atoms with van der Waals surface area (Å²) in [7, 11) is 0. The van der Waals surface area contributed by atoms with Crippen molar-refractivity contribution in [1.29, 1.82) is 0 Å². The second-order valence-corrected chi connectivity index (χ2v) is 7.09. The summed E-state index contributed by atoms with van der Waals surface area (Å²) in [6.07, 6.45) is 1.84. The van der Waals surface area contributed by atoms with Crippen LogP contribution >= 0.6 is 0 Å². The molecular formula is C23H25N5O. The molecule has 0 aliphatic carbocycles. The van der Waals surface area contributed by atoms with Gasteiger partial charge in [0.15, 0.2) is 0 Å². The molecular weight excluding hydrogens is 362 g/mol. The Morgan fingerprint density at radius 1 is 0.793 bits per heavy atom. The fourth-order valence-corrected chi connectivity index (χ4v) is 3.44. The van der Waals surface area contributed by atoms with E-state index in [4.69, 9.17) is 0 Å². The van der Waals surface area contributed by atoms with E-state index >= 15 is 0 Å². The number of nitrogens with one attached hydrogen (secondary N) is 2. The monoisotopic (exact) mass is 387 g/mol. The third-order valence-corrected chi connectivity index (χ3v) is 5.00. The topological polar surface area (TPSA) is 60.5 Å². The first kappa shape index (κ1) is 19.0. The van der Waals surface area contributed by atoms with Gasteiger partial charge in [0.2, 0.25) is 0 Å². The highest BCUT2D eigenvalue weighted by molar-refractivity contribution is 5.99. The number of amides is 2. The fraction of sp³-hybridized carbons (Fsp3) is 0.217. The number of benzene rings is 2. The van der Waals surface area contributed by atoms with Crippen LogP contribution in [0.5, 0.6) is 0 Å². The predicted molar refractivity (Wildman–Crippen MR) is 117 cm³/mol. The Labute approximate surface area is 171 Å². The van der Waals surface area contributed by atoms with Crippen LogP contribution < -0.4 is 15.5 Å². The Bertz CT molecular complexity index is 907. The van der Waals surface area contributed by atoms with Gasteiger partial charge in [-0.15, -0.1) is 0 Å². The van der Waals surface area contributed by atoms with Crippen LogP contribution in [0, 0.1) is 0 Å². The van der Waals surface area contributed by atoms with Crippen LogP contribution in [0.4, 0.5) is 22.0 Å². The number of carbonyl (C=O) groups excluding carboxylic acids is 1. The van der Waals surface area contributed by atoms with Crippen LogP contribution in [0.2, 0.25) is 0 Å². The lowest BCUT2D eigenvalue weighted by atomic mass is 10.1. The van der Waals surface area contributed by atoms with Gasteiger partial charge >= 0.3 is 6.03 Å². The van der Waals surface area contributed by atoms with E-state index in [1.807, 2.05) is 60.8 Å². The fourth-order valence-electron chi connectivity index (χ4n) is 3.44. The molecule has 0 bridgehead atoms. The van der Waals surface area contributed by atoms with E-state index in [9.17, 15) is 4.79 Å². The molecule has 2 heterocycles. The minimum Gasteiger partial charge on any atom is -0.354 e. The minimum absolute atomic E-state index is 0.241. The van der Waals surface area contributed by atoms with Crippen molar-refractivity contribution in [1.82, 2.24) is 9.88 Å². The van der Waals surface area contributed by atoms with Crippen molar-refractivity contribution in [2.24, 2.45) is 0 Å². The molecule has 2 N–H and O–H groups in total. The number of urea groups is 1. The molecule has 0 spiro atoms. The average molecular weight is 387 g/mol. The van der Waals surface area contributed by atoms with Gasteiger partial charge < -0.3 is 15.5 Å². The van der Waals surface area contributed by atoms with E-state index in [2.05, 4.69) is 43.6 Å². The first-order valence-electron chi connectivity index (χ1n) is 9.86. The zero-order valence-electron chi connectivity index (χ0n) is 16.3. The quantitative estimate of drug-likeness (QED) is 0.693. The summed E-state index contributed by atoms with van der Waals surface area (Å²) < 4.78 is 0. The molecule has 148 valence electrons. The van der Waals surface area contributed by atoms with Crippen molar-refractivity contribution in [3.63, 3.8) is 0 Å². The molecule has 0 unspecified atom stereocenters. The van der Waals surface area contributed by atoms with Crippen LogP contribution in [0.25, 0.3) is 0 Å². The number of rotatable bonds is 5. The van der Waals surface area contributed by atoms with Crippen LogP contribution in [-0.2, 0) is 6.54 Å². The van der Waals surface area contributed by atoms with Crippen LogP contribution in [0.3, 0.4) is 0 Å². The smallest absolute Gasteiger partial charge is 0.323 e. The Balaban J connectivity index is 1.25. The van der Waals surface area contributed by atoms with Crippen molar-refractivity contribution in [3.05, 3.63) is 84.6 Å². The summed E-state index contributed by atoms with van der Waals surface area (Å²) in [4.78, 5) is 21.3. The molecule has 1 aromatic heterocycles. The molecule has 2 aromatic carbocycles. The lowest BCUT2D eigenvalue weighted by Crippen LogP contribution is -2.46. The van der Waals surface area contributed by atoms with Gasteiger partial charge in [-0.3, -0.25) is 4.90 Å². The number of para-hydroxylation sites is 1. The molecule has 1 saturated heterocycles. The molecule has 1 fully saturated rings.